The van der Waals surface area contributed by atoms with Crippen molar-refractivity contribution in [1.29, 1.82) is 0 Å². The van der Waals surface area contributed by atoms with Gasteiger partial charge in [0.2, 0.25) is 0 Å². The van der Waals surface area contributed by atoms with Gasteiger partial charge in [0.25, 0.3) is 5.56 Å². The van der Waals surface area contributed by atoms with E-state index in [0.717, 1.165) is 5.69 Å². The molecule has 0 aliphatic carbocycles. The number of fused-ring (bicyclic) bond motifs is 1. The Kier molecular flexibility index (Phi) is 4.36. The van der Waals surface area contributed by atoms with Crippen LogP contribution in [0.2, 0.25) is 0 Å². The lowest BCUT2D eigenvalue weighted by molar-refractivity contribution is 0.0467. The summed E-state index contributed by atoms with van der Waals surface area (Å²) in [6.07, 6.45) is 3.24. The zero-order valence-electron chi connectivity index (χ0n) is 15.0. The first-order valence-electron chi connectivity index (χ1n) is 8.55. The maximum atomic E-state index is 12.3. The minimum atomic E-state index is -0.542. The molecule has 4 aromatic rings. The zero-order chi connectivity index (χ0) is 19.7. The smallest absolute Gasteiger partial charge is 0.338 e. The summed E-state index contributed by atoms with van der Waals surface area (Å²) in [4.78, 5) is 43.1. The van der Waals surface area contributed by atoms with E-state index in [2.05, 4.69) is 9.97 Å². The molecule has 8 heteroatoms. The first-order valence-corrected chi connectivity index (χ1v) is 8.55. The van der Waals surface area contributed by atoms with Gasteiger partial charge in [-0.25, -0.2) is 14.6 Å². The second-order valence-electron chi connectivity index (χ2n) is 6.21. The number of carbonyl (C=O) groups is 1. The van der Waals surface area contributed by atoms with Gasteiger partial charge in [0.15, 0.2) is 0 Å². The Morgan fingerprint density at radius 2 is 1.93 bits per heavy atom. The standard InChI is InChI=1S/C20H16N4O4/c1-13-11-21-20(27)24(13)16-7-5-14(6-8-16)19(26)28-12-15-10-18(25)23-9-3-2-4-17(23)22-15/h2-11H,12H2,1H3,(H,21,27). The number of hydrogen-bond donors (Lipinski definition) is 1. The van der Waals surface area contributed by atoms with Crippen LogP contribution in [0.15, 0.2) is 70.5 Å². The van der Waals surface area contributed by atoms with Crippen molar-refractivity contribution in [3.8, 4) is 5.69 Å². The van der Waals surface area contributed by atoms with Crippen LogP contribution in [0, 0.1) is 6.92 Å². The Hall–Kier alpha value is -3.94. The summed E-state index contributed by atoms with van der Waals surface area (Å²) in [5, 5.41) is 0. The van der Waals surface area contributed by atoms with Gasteiger partial charge in [-0.05, 0) is 43.3 Å². The molecular weight excluding hydrogens is 360 g/mol. The second kappa shape index (κ2) is 6.99. The molecule has 4 rings (SSSR count). The highest BCUT2D eigenvalue weighted by Gasteiger charge is 2.11. The maximum Gasteiger partial charge on any atom is 0.338 e. The van der Waals surface area contributed by atoms with E-state index in [9.17, 15) is 14.4 Å². The van der Waals surface area contributed by atoms with Crippen LogP contribution in [-0.4, -0.2) is 24.9 Å². The van der Waals surface area contributed by atoms with Crippen molar-refractivity contribution in [2.24, 2.45) is 0 Å². The van der Waals surface area contributed by atoms with Crippen LogP contribution in [-0.2, 0) is 11.3 Å². The fourth-order valence-corrected chi connectivity index (χ4v) is 2.92. The number of carbonyl (C=O) groups excluding carboxylic acids is 1. The van der Waals surface area contributed by atoms with Crippen LogP contribution < -0.4 is 11.2 Å². The quantitative estimate of drug-likeness (QED) is 0.548. The normalized spacial score (nSPS) is 10.9. The molecule has 0 saturated heterocycles. The molecule has 0 radical (unpaired) electrons. The summed E-state index contributed by atoms with van der Waals surface area (Å²) in [5.74, 6) is -0.542. The van der Waals surface area contributed by atoms with Gasteiger partial charge in [-0.3, -0.25) is 13.8 Å². The minimum absolute atomic E-state index is 0.113. The number of ether oxygens (including phenoxy) is 1. The number of nitrogens with zero attached hydrogens (tertiary/aromatic N) is 3. The monoisotopic (exact) mass is 376 g/mol. The summed E-state index contributed by atoms with van der Waals surface area (Å²) in [5.41, 5.74) is 2.10. The Labute approximate surface area is 158 Å². The minimum Gasteiger partial charge on any atom is -0.456 e. The van der Waals surface area contributed by atoms with Crippen molar-refractivity contribution >= 4 is 11.6 Å². The molecule has 3 aromatic heterocycles. The molecule has 0 atom stereocenters. The van der Waals surface area contributed by atoms with Crippen LogP contribution in [0.1, 0.15) is 21.7 Å². The molecule has 0 saturated carbocycles. The van der Waals surface area contributed by atoms with Crippen molar-refractivity contribution in [2.45, 2.75) is 13.5 Å². The molecule has 0 fully saturated rings. The van der Waals surface area contributed by atoms with Gasteiger partial charge >= 0.3 is 11.7 Å². The summed E-state index contributed by atoms with van der Waals surface area (Å²) < 4.78 is 8.19. The van der Waals surface area contributed by atoms with E-state index in [1.54, 1.807) is 61.8 Å². The van der Waals surface area contributed by atoms with Crippen LogP contribution in [0.3, 0.4) is 0 Å². The van der Waals surface area contributed by atoms with Gasteiger partial charge in [-0.15, -0.1) is 0 Å². The summed E-state index contributed by atoms with van der Waals surface area (Å²) in [7, 11) is 0. The lowest BCUT2D eigenvalue weighted by Crippen LogP contribution is -2.17. The highest BCUT2D eigenvalue weighted by molar-refractivity contribution is 5.89. The highest BCUT2D eigenvalue weighted by Crippen LogP contribution is 2.12. The lowest BCUT2D eigenvalue weighted by Gasteiger charge is -2.07. The van der Waals surface area contributed by atoms with E-state index in [0.29, 0.717) is 22.6 Å². The molecule has 0 aliphatic rings. The molecule has 1 N–H and O–H groups in total. The molecule has 140 valence electrons. The molecule has 3 heterocycles. The van der Waals surface area contributed by atoms with Crippen LogP contribution in [0.4, 0.5) is 0 Å². The summed E-state index contributed by atoms with van der Waals surface area (Å²) in [6.45, 7) is 1.69. The predicted molar refractivity (Wildman–Crippen MR) is 102 cm³/mol. The SMILES string of the molecule is Cc1c[nH]c(=O)n1-c1ccc(C(=O)OCc2cc(=O)n3ccccc3n2)cc1. The first-order chi connectivity index (χ1) is 13.5. The molecule has 8 nitrogen and oxygen atoms in total. The van der Waals surface area contributed by atoms with Crippen molar-refractivity contribution in [3.05, 3.63) is 98.7 Å². The maximum absolute atomic E-state index is 12.3. The third kappa shape index (κ3) is 3.23. The number of imidazole rings is 1. The lowest BCUT2D eigenvalue weighted by atomic mass is 10.2. The average Bonchev–Trinajstić information content (AvgIpc) is 3.04. The van der Waals surface area contributed by atoms with Crippen molar-refractivity contribution < 1.29 is 9.53 Å². The molecule has 0 spiro atoms. The van der Waals surface area contributed by atoms with Crippen molar-refractivity contribution in [3.63, 3.8) is 0 Å². The van der Waals surface area contributed by atoms with Gasteiger partial charge in [0.1, 0.15) is 12.3 Å². The largest absolute Gasteiger partial charge is 0.456 e. The third-order valence-electron chi connectivity index (χ3n) is 4.30. The number of aryl methyl sites for hydroxylation is 1. The first kappa shape index (κ1) is 17.5. The van der Waals surface area contributed by atoms with Gasteiger partial charge in [0, 0.05) is 24.2 Å². The number of aromatic nitrogens is 4. The number of aromatic amines is 1. The predicted octanol–water partition coefficient (Wildman–Crippen LogP) is 1.84. The number of esters is 1. The number of nitrogens with one attached hydrogen (secondary N) is 1. The van der Waals surface area contributed by atoms with E-state index < -0.39 is 5.97 Å². The number of hydrogen-bond acceptors (Lipinski definition) is 5. The molecule has 28 heavy (non-hydrogen) atoms. The number of H-pyrrole nitrogens is 1. The molecule has 0 bridgehead atoms. The van der Waals surface area contributed by atoms with Gasteiger partial charge in [-0.2, -0.15) is 0 Å². The van der Waals surface area contributed by atoms with E-state index in [4.69, 9.17) is 4.74 Å². The Morgan fingerprint density at radius 1 is 1.14 bits per heavy atom. The van der Waals surface area contributed by atoms with Gasteiger partial charge in [0.05, 0.1) is 16.9 Å². The fraction of sp³-hybridized carbons (Fsp3) is 0.100. The molecule has 0 aliphatic heterocycles. The van der Waals surface area contributed by atoms with Crippen molar-refractivity contribution in [1.82, 2.24) is 18.9 Å². The molecule has 0 unspecified atom stereocenters. The fourth-order valence-electron chi connectivity index (χ4n) is 2.92. The third-order valence-corrected chi connectivity index (χ3v) is 4.30. The average molecular weight is 376 g/mol. The summed E-state index contributed by atoms with van der Waals surface area (Å²) >= 11 is 0. The Balaban J connectivity index is 1.50. The van der Waals surface area contributed by atoms with Crippen LogP contribution >= 0.6 is 0 Å². The molecular formula is C20H16N4O4. The van der Waals surface area contributed by atoms with E-state index in [1.165, 1.54) is 15.0 Å². The topological polar surface area (TPSA) is 98.5 Å². The number of pyridine rings is 1. The van der Waals surface area contributed by atoms with Crippen LogP contribution in [0.5, 0.6) is 0 Å². The van der Waals surface area contributed by atoms with E-state index in [-0.39, 0.29) is 17.9 Å². The number of benzene rings is 1. The molecule has 1 aromatic carbocycles. The van der Waals surface area contributed by atoms with Crippen molar-refractivity contribution in [2.75, 3.05) is 0 Å². The Bertz CT molecular complexity index is 1280. The van der Waals surface area contributed by atoms with E-state index in [1.807, 2.05) is 0 Å². The molecule has 0 amide bonds. The Morgan fingerprint density at radius 3 is 2.64 bits per heavy atom. The van der Waals surface area contributed by atoms with Crippen LogP contribution in [0.25, 0.3) is 11.3 Å². The van der Waals surface area contributed by atoms with E-state index >= 15 is 0 Å². The second-order valence-corrected chi connectivity index (χ2v) is 6.21. The van der Waals surface area contributed by atoms with Gasteiger partial charge in [-0.1, -0.05) is 6.07 Å². The number of rotatable bonds is 4. The highest BCUT2D eigenvalue weighted by atomic mass is 16.5. The zero-order valence-corrected chi connectivity index (χ0v) is 15.0. The summed E-state index contributed by atoms with van der Waals surface area (Å²) in [6, 6.07) is 13.1. The van der Waals surface area contributed by atoms with Gasteiger partial charge < -0.3 is 9.72 Å².